The van der Waals surface area contributed by atoms with Gasteiger partial charge in [-0.3, -0.25) is 0 Å². The molecule has 13 heavy (non-hydrogen) atoms. The van der Waals surface area contributed by atoms with Gasteiger partial charge in [0.05, 0.1) is 0 Å². The summed E-state index contributed by atoms with van der Waals surface area (Å²) < 4.78 is 0. The van der Waals surface area contributed by atoms with E-state index in [4.69, 9.17) is 0 Å². The quantitative estimate of drug-likeness (QED) is 0.600. The number of fused-ring (bicyclic) bond motifs is 1. The first kappa shape index (κ1) is 7.87. The Morgan fingerprint density at radius 1 is 1.00 bits per heavy atom. The summed E-state index contributed by atoms with van der Waals surface area (Å²) in [6, 6.07) is 13.6. The second kappa shape index (κ2) is 2.94. The molecule has 0 atom stereocenters. The standard InChI is InChI=1S/C12H10O/c1-9(13)11-7-6-10-4-2-3-5-12(10)8-11/h2-8,13H,1H2/p-1. The smallest absolute Gasteiger partial charge is 0.0178 e. The monoisotopic (exact) mass is 169 g/mol. The van der Waals surface area contributed by atoms with E-state index in [-0.39, 0.29) is 5.76 Å². The molecule has 0 amide bonds. The molecule has 0 aliphatic heterocycles. The van der Waals surface area contributed by atoms with Crippen molar-refractivity contribution in [3.05, 3.63) is 54.6 Å². The Morgan fingerprint density at radius 3 is 2.38 bits per heavy atom. The molecular weight excluding hydrogens is 160 g/mol. The van der Waals surface area contributed by atoms with Crippen LogP contribution in [0.3, 0.4) is 0 Å². The molecule has 1 nitrogen and oxygen atoms in total. The average Bonchev–Trinajstić information content (AvgIpc) is 2.17. The lowest BCUT2D eigenvalue weighted by atomic mass is 10.1. The van der Waals surface area contributed by atoms with Gasteiger partial charge in [-0.1, -0.05) is 36.4 Å². The molecule has 0 saturated carbocycles. The molecule has 0 aromatic heterocycles. The predicted molar refractivity (Wildman–Crippen MR) is 53.0 cm³/mol. The van der Waals surface area contributed by atoms with Gasteiger partial charge in [0.1, 0.15) is 0 Å². The molecule has 2 aromatic rings. The zero-order chi connectivity index (χ0) is 9.26. The minimum Gasteiger partial charge on any atom is -0.872 e. The topological polar surface area (TPSA) is 23.1 Å². The maximum atomic E-state index is 11.0. The molecule has 0 radical (unpaired) electrons. The third-order valence-electron chi connectivity index (χ3n) is 2.07. The molecule has 0 unspecified atom stereocenters. The van der Waals surface area contributed by atoms with Crippen molar-refractivity contribution in [2.75, 3.05) is 0 Å². The molecule has 0 heterocycles. The van der Waals surface area contributed by atoms with Gasteiger partial charge in [0.25, 0.3) is 0 Å². The first-order valence-corrected chi connectivity index (χ1v) is 4.12. The van der Waals surface area contributed by atoms with Crippen LogP contribution in [0.4, 0.5) is 0 Å². The van der Waals surface area contributed by atoms with Crippen molar-refractivity contribution >= 4 is 16.5 Å². The summed E-state index contributed by atoms with van der Waals surface area (Å²) >= 11 is 0. The maximum Gasteiger partial charge on any atom is -0.0178 e. The summed E-state index contributed by atoms with van der Waals surface area (Å²) in [6.45, 7) is 3.38. The first-order valence-electron chi connectivity index (χ1n) is 4.12. The summed E-state index contributed by atoms with van der Waals surface area (Å²) in [4.78, 5) is 0. The third-order valence-corrected chi connectivity index (χ3v) is 2.07. The lowest BCUT2D eigenvalue weighted by molar-refractivity contribution is -0.243. The van der Waals surface area contributed by atoms with E-state index in [1.165, 1.54) is 0 Å². The third kappa shape index (κ3) is 1.41. The molecule has 2 rings (SSSR count). The molecule has 1 heteroatoms. The fraction of sp³-hybridized carbons (Fsp3) is 0. The van der Waals surface area contributed by atoms with Gasteiger partial charge < -0.3 is 5.11 Å². The lowest BCUT2D eigenvalue weighted by Crippen LogP contribution is -1.99. The molecule has 0 N–H and O–H groups in total. The molecule has 64 valence electrons. The van der Waals surface area contributed by atoms with Gasteiger partial charge in [0.2, 0.25) is 0 Å². The number of hydrogen-bond donors (Lipinski definition) is 0. The van der Waals surface area contributed by atoms with Gasteiger partial charge in [-0.15, -0.1) is 12.3 Å². The van der Waals surface area contributed by atoms with Gasteiger partial charge >= 0.3 is 0 Å². The van der Waals surface area contributed by atoms with Crippen molar-refractivity contribution in [2.45, 2.75) is 0 Å². The predicted octanol–water partition coefficient (Wildman–Crippen LogP) is 2.17. The molecule has 0 fully saturated rings. The summed E-state index contributed by atoms with van der Waals surface area (Å²) in [5, 5.41) is 13.2. The highest BCUT2D eigenvalue weighted by atomic mass is 16.3. The van der Waals surface area contributed by atoms with Gasteiger partial charge in [-0.2, -0.15) is 0 Å². The van der Waals surface area contributed by atoms with E-state index in [9.17, 15) is 5.11 Å². The normalized spacial score (nSPS) is 10.2. The molecular formula is C12H9O-. The van der Waals surface area contributed by atoms with Crippen LogP contribution in [0.1, 0.15) is 5.56 Å². The van der Waals surface area contributed by atoms with E-state index in [0.717, 1.165) is 10.8 Å². The summed E-state index contributed by atoms with van der Waals surface area (Å²) in [5.41, 5.74) is 0.665. The highest BCUT2D eigenvalue weighted by molar-refractivity contribution is 5.85. The van der Waals surface area contributed by atoms with Crippen LogP contribution in [0, 0.1) is 0 Å². The van der Waals surface area contributed by atoms with Crippen LogP contribution in [0.5, 0.6) is 0 Å². The number of benzene rings is 2. The lowest BCUT2D eigenvalue weighted by Gasteiger charge is -2.09. The molecule has 0 aliphatic rings. The highest BCUT2D eigenvalue weighted by Crippen LogP contribution is 2.17. The number of rotatable bonds is 1. The maximum absolute atomic E-state index is 11.0. The minimum atomic E-state index is -0.134. The van der Waals surface area contributed by atoms with E-state index < -0.39 is 0 Å². The summed E-state index contributed by atoms with van der Waals surface area (Å²) in [6.07, 6.45) is 0. The van der Waals surface area contributed by atoms with Crippen LogP contribution < -0.4 is 5.11 Å². The van der Waals surface area contributed by atoms with Gasteiger partial charge in [-0.05, 0) is 22.4 Å². The second-order valence-electron chi connectivity index (χ2n) is 2.99. The highest BCUT2D eigenvalue weighted by Gasteiger charge is 1.92. The minimum absolute atomic E-state index is 0.134. The first-order chi connectivity index (χ1) is 6.27. The van der Waals surface area contributed by atoms with Gasteiger partial charge in [0.15, 0.2) is 0 Å². The second-order valence-corrected chi connectivity index (χ2v) is 2.99. The zero-order valence-electron chi connectivity index (χ0n) is 7.16. The SMILES string of the molecule is C=C([O-])c1ccc2ccccc2c1. The van der Waals surface area contributed by atoms with E-state index in [1.807, 2.05) is 36.4 Å². The van der Waals surface area contributed by atoms with Crippen LogP contribution in [-0.2, 0) is 0 Å². The Kier molecular flexibility index (Phi) is 1.78. The number of hydrogen-bond acceptors (Lipinski definition) is 1. The van der Waals surface area contributed by atoms with E-state index in [2.05, 4.69) is 6.58 Å². The van der Waals surface area contributed by atoms with Crippen LogP contribution >= 0.6 is 0 Å². The van der Waals surface area contributed by atoms with Crippen molar-refractivity contribution in [1.82, 2.24) is 0 Å². The van der Waals surface area contributed by atoms with Gasteiger partial charge in [-0.25, -0.2) is 0 Å². The Labute approximate surface area is 76.9 Å². The van der Waals surface area contributed by atoms with Crippen molar-refractivity contribution in [1.29, 1.82) is 0 Å². The van der Waals surface area contributed by atoms with E-state index >= 15 is 0 Å². The van der Waals surface area contributed by atoms with Crippen LogP contribution in [0.25, 0.3) is 16.5 Å². The van der Waals surface area contributed by atoms with Crippen molar-refractivity contribution < 1.29 is 5.11 Å². The fourth-order valence-electron chi connectivity index (χ4n) is 1.36. The molecule has 0 aliphatic carbocycles. The Morgan fingerprint density at radius 2 is 1.69 bits per heavy atom. The Bertz CT molecular complexity index is 457. The summed E-state index contributed by atoms with van der Waals surface area (Å²) in [7, 11) is 0. The summed E-state index contributed by atoms with van der Waals surface area (Å²) in [5.74, 6) is -0.134. The van der Waals surface area contributed by atoms with Gasteiger partial charge in [0, 0.05) is 0 Å². The van der Waals surface area contributed by atoms with E-state index in [0.29, 0.717) is 5.56 Å². The van der Waals surface area contributed by atoms with Crippen molar-refractivity contribution in [3.63, 3.8) is 0 Å². The van der Waals surface area contributed by atoms with Crippen molar-refractivity contribution in [3.8, 4) is 0 Å². The molecule has 0 spiro atoms. The van der Waals surface area contributed by atoms with E-state index in [1.54, 1.807) is 6.07 Å². The van der Waals surface area contributed by atoms with Crippen molar-refractivity contribution in [2.24, 2.45) is 0 Å². The Balaban J connectivity index is 2.69. The molecule has 0 saturated heterocycles. The Hall–Kier alpha value is -1.76. The molecule has 2 aromatic carbocycles. The largest absolute Gasteiger partial charge is 0.872 e. The van der Waals surface area contributed by atoms with Crippen LogP contribution in [0.2, 0.25) is 0 Å². The zero-order valence-corrected chi connectivity index (χ0v) is 7.16. The van der Waals surface area contributed by atoms with Crippen LogP contribution in [-0.4, -0.2) is 0 Å². The average molecular weight is 169 g/mol. The molecule has 0 bridgehead atoms. The fourth-order valence-corrected chi connectivity index (χ4v) is 1.36. The van der Waals surface area contributed by atoms with Crippen LogP contribution in [0.15, 0.2) is 49.0 Å².